The van der Waals surface area contributed by atoms with E-state index in [1.165, 1.54) is 6.33 Å². The number of ether oxygens (including phenoxy) is 2. The van der Waals surface area contributed by atoms with Crippen LogP contribution in [0.1, 0.15) is 38.7 Å². The van der Waals surface area contributed by atoms with Crippen LogP contribution in [0.5, 0.6) is 11.5 Å². The van der Waals surface area contributed by atoms with Gasteiger partial charge in [0.2, 0.25) is 0 Å². The summed E-state index contributed by atoms with van der Waals surface area (Å²) in [5.41, 5.74) is 8.52. The second kappa shape index (κ2) is 9.70. The van der Waals surface area contributed by atoms with Gasteiger partial charge in [0.25, 0.3) is 0 Å². The molecular formula is C27H30N6O4. The van der Waals surface area contributed by atoms with Crippen molar-refractivity contribution in [2.24, 2.45) is 0 Å². The maximum Gasteiger partial charge on any atom is 0.410 e. The first-order valence-corrected chi connectivity index (χ1v) is 12.2. The van der Waals surface area contributed by atoms with Gasteiger partial charge in [-0.3, -0.25) is 5.10 Å². The molecule has 2 atom stereocenters. The second-order valence-corrected chi connectivity index (χ2v) is 10.1. The Morgan fingerprint density at radius 2 is 1.92 bits per heavy atom. The Balaban J connectivity index is 1.27. The predicted molar refractivity (Wildman–Crippen MR) is 139 cm³/mol. The van der Waals surface area contributed by atoms with Crippen molar-refractivity contribution in [1.29, 1.82) is 0 Å². The molecule has 1 saturated heterocycles. The lowest BCUT2D eigenvalue weighted by molar-refractivity contribution is -0.00153. The lowest BCUT2D eigenvalue weighted by Gasteiger charge is -2.37. The number of likely N-dealkylation sites (tertiary alicyclic amines) is 1. The Morgan fingerprint density at radius 1 is 1.14 bits per heavy atom. The number of piperidine rings is 1. The second-order valence-electron chi connectivity index (χ2n) is 10.1. The highest BCUT2D eigenvalue weighted by Crippen LogP contribution is 2.34. The van der Waals surface area contributed by atoms with Crippen LogP contribution in [0.15, 0.2) is 54.9 Å². The van der Waals surface area contributed by atoms with Gasteiger partial charge in [0.1, 0.15) is 34.9 Å². The summed E-state index contributed by atoms with van der Waals surface area (Å²) in [4.78, 5) is 22.2. The molecule has 1 fully saturated rings. The van der Waals surface area contributed by atoms with Crippen LogP contribution in [0.25, 0.3) is 22.3 Å². The minimum absolute atomic E-state index is 0.106. The van der Waals surface area contributed by atoms with Gasteiger partial charge in [-0.2, -0.15) is 5.10 Å². The van der Waals surface area contributed by atoms with E-state index in [1.54, 1.807) is 4.90 Å². The summed E-state index contributed by atoms with van der Waals surface area (Å²) >= 11 is 0. The summed E-state index contributed by atoms with van der Waals surface area (Å²) in [7, 11) is 0. The summed E-state index contributed by atoms with van der Waals surface area (Å²) in [6.45, 7) is 6.23. The number of aliphatic hydroxyl groups is 1. The number of hydrogen-bond acceptors (Lipinski definition) is 8. The summed E-state index contributed by atoms with van der Waals surface area (Å²) in [5.74, 6) is 1.58. The Morgan fingerprint density at radius 3 is 2.65 bits per heavy atom. The van der Waals surface area contributed by atoms with Crippen LogP contribution >= 0.6 is 0 Å². The van der Waals surface area contributed by atoms with Crippen molar-refractivity contribution in [3.8, 4) is 22.8 Å². The zero-order valence-corrected chi connectivity index (χ0v) is 21.0. The van der Waals surface area contributed by atoms with Gasteiger partial charge in [-0.1, -0.05) is 12.1 Å². The smallest absolute Gasteiger partial charge is 0.410 e. The third-order valence-electron chi connectivity index (χ3n) is 6.27. The van der Waals surface area contributed by atoms with Crippen LogP contribution in [0.2, 0.25) is 0 Å². The standard InChI is InChI=1S/C27H30N6O4/c1-27(2,3)37-26(35)33-12-11-20(21(34)14-33)17-5-4-6-19(13-17)36-18-9-7-16(8-10-18)23-22-24(28)29-15-30-25(22)32-31-23/h4-10,13,15,20-21,34H,11-12,14H2,1-3H3,(H3,28,29,30,31,32)/t20?,21-/m1/s1. The summed E-state index contributed by atoms with van der Waals surface area (Å²) in [6.07, 6.45) is 0.927. The van der Waals surface area contributed by atoms with Gasteiger partial charge in [0.15, 0.2) is 5.65 Å². The van der Waals surface area contributed by atoms with Crippen LogP contribution in [0.4, 0.5) is 10.6 Å². The highest BCUT2D eigenvalue weighted by molar-refractivity contribution is 5.97. The van der Waals surface area contributed by atoms with Crippen molar-refractivity contribution >= 4 is 22.9 Å². The van der Waals surface area contributed by atoms with Gasteiger partial charge in [-0.25, -0.2) is 14.8 Å². The fourth-order valence-electron chi connectivity index (χ4n) is 4.53. The topological polar surface area (TPSA) is 139 Å². The number of nitrogens with one attached hydrogen (secondary N) is 1. The number of nitrogens with two attached hydrogens (primary N) is 1. The highest BCUT2D eigenvalue weighted by atomic mass is 16.6. The van der Waals surface area contributed by atoms with Crippen molar-refractivity contribution in [3.63, 3.8) is 0 Å². The van der Waals surface area contributed by atoms with Gasteiger partial charge in [0, 0.05) is 18.0 Å². The minimum atomic E-state index is -0.698. The largest absolute Gasteiger partial charge is 0.457 e. The molecule has 1 aliphatic rings. The zero-order valence-electron chi connectivity index (χ0n) is 21.0. The number of aliphatic hydroxyl groups excluding tert-OH is 1. The van der Waals surface area contributed by atoms with E-state index in [4.69, 9.17) is 15.2 Å². The molecule has 2 aromatic heterocycles. The minimum Gasteiger partial charge on any atom is -0.457 e. The summed E-state index contributed by atoms with van der Waals surface area (Å²) in [6, 6.07) is 15.2. The number of carbonyl (C=O) groups excluding carboxylic acids is 1. The Bertz CT molecular complexity index is 1410. The summed E-state index contributed by atoms with van der Waals surface area (Å²) < 4.78 is 11.5. The zero-order chi connectivity index (χ0) is 26.2. The van der Waals surface area contributed by atoms with E-state index >= 15 is 0 Å². The number of nitrogen functional groups attached to an aromatic ring is 1. The molecular weight excluding hydrogens is 472 g/mol. The molecule has 1 amide bonds. The Labute approximate surface area is 214 Å². The normalized spacial score (nSPS) is 18.1. The molecule has 0 radical (unpaired) electrons. The molecule has 3 heterocycles. The van der Waals surface area contributed by atoms with Crippen molar-refractivity contribution in [2.75, 3.05) is 18.8 Å². The lowest BCUT2D eigenvalue weighted by atomic mass is 9.87. The van der Waals surface area contributed by atoms with Crippen LogP contribution < -0.4 is 10.5 Å². The predicted octanol–water partition coefficient (Wildman–Crippen LogP) is 4.48. The number of aromatic nitrogens is 4. The van der Waals surface area contributed by atoms with Crippen LogP contribution in [-0.4, -0.2) is 61.1 Å². The molecule has 2 aromatic carbocycles. The molecule has 10 nitrogen and oxygen atoms in total. The molecule has 0 saturated carbocycles. The van der Waals surface area contributed by atoms with Gasteiger partial charge in [-0.05, 0) is 69.2 Å². The fourth-order valence-corrected chi connectivity index (χ4v) is 4.53. The number of nitrogens with zero attached hydrogens (tertiary/aromatic N) is 4. The van der Waals surface area contributed by atoms with Gasteiger partial charge < -0.3 is 25.2 Å². The number of anilines is 1. The van der Waals surface area contributed by atoms with E-state index in [2.05, 4.69) is 20.2 Å². The Kier molecular flexibility index (Phi) is 6.43. The van der Waals surface area contributed by atoms with Crippen molar-refractivity contribution in [2.45, 2.75) is 44.8 Å². The lowest BCUT2D eigenvalue weighted by Crippen LogP contribution is -2.47. The van der Waals surface area contributed by atoms with Gasteiger partial charge in [0.05, 0.1) is 18.0 Å². The van der Waals surface area contributed by atoms with E-state index < -0.39 is 17.8 Å². The third-order valence-corrected chi connectivity index (χ3v) is 6.27. The van der Waals surface area contributed by atoms with Crippen molar-refractivity contribution in [1.82, 2.24) is 25.1 Å². The number of aromatic amines is 1. The molecule has 4 N–H and O–H groups in total. The van der Waals surface area contributed by atoms with E-state index in [1.807, 2.05) is 69.3 Å². The number of benzene rings is 2. The van der Waals surface area contributed by atoms with Gasteiger partial charge >= 0.3 is 6.09 Å². The highest BCUT2D eigenvalue weighted by Gasteiger charge is 2.33. The molecule has 1 aliphatic heterocycles. The molecule has 1 unspecified atom stereocenters. The first-order valence-electron chi connectivity index (χ1n) is 12.2. The molecule has 192 valence electrons. The van der Waals surface area contributed by atoms with Gasteiger partial charge in [-0.15, -0.1) is 0 Å². The summed E-state index contributed by atoms with van der Waals surface area (Å²) in [5, 5.41) is 18.7. The first kappa shape index (κ1) is 24.5. The van der Waals surface area contributed by atoms with E-state index in [-0.39, 0.29) is 12.5 Å². The number of carbonyl (C=O) groups is 1. The number of H-pyrrole nitrogens is 1. The van der Waals surface area contributed by atoms with Crippen LogP contribution in [-0.2, 0) is 4.74 Å². The molecule has 4 aromatic rings. The van der Waals surface area contributed by atoms with Crippen LogP contribution in [0.3, 0.4) is 0 Å². The molecule has 37 heavy (non-hydrogen) atoms. The monoisotopic (exact) mass is 502 g/mol. The third kappa shape index (κ3) is 5.34. The average Bonchev–Trinajstić information content (AvgIpc) is 3.29. The molecule has 10 heteroatoms. The maximum absolute atomic E-state index is 12.4. The number of fused-ring (bicyclic) bond motifs is 1. The first-order chi connectivity index (χ1) is 17.7. The fraction of sp³-hybridized carbons (Fsp3) is 0.333. The molecule has 0 aliphatic carbocycles. The van der Waals surface area contributed by atoms with E-state index in [0.29, 0.717) is 47.0 Å². The average molecular weight is 503 g/mol. The number of amides is 1. The quantitative estimate of drug-likeness (QED) is 0.371. The van der Waals surface area contributed by atoms with E-state index in [9.17, 15) is 9.90 Å². The Hall–Kier alpha value is -4.18. The number of rotatable bonds is 4. The molecule has 0 spiro atoms. The number of β-amino-alcohol motifs (C(OH)–C–C–N with tert-alkyl or cyclic N) is 1. The SMILES string of the molecule is CC(C)(C)OC(=O)N1CCC(c2cccc(Oc3ccc(-c4n[nH]c5ncnc(N)c45)cc3)c2)[C@H](O)C1. The maximum atomic E-state index is 12.4. The van der Waals surface area contributed by atoms with E-state index in [0.717, 1.165) is 11.1 Å². The molecule has 5 rings (SSSR count). The van der Waals surface area contributed by atoms with Crippen molar-refractivity contribution < 1.29 is 19.4 Å². The van der Waals surface area contributed by atoms with Crippen LogP contribution in [0, 0.1) is 0 Å². The molecule has 0 bridgehead atoms. The van der Waals surface area contributed by atoms with Crippen molar-refractivity contribution in [3.05, 3.63) is 60.4 Å². The number of hydrogen-bond donors (Lipinski definition) is 3.